The van der Waals surface area contributed by atoms with Gasteiger partial charge < -0.3 is 28.9 Å². The van der Waals surface area contributed by atoms with Gasteiger partial charge in [0.1, 0.15) is 36.0 Å². The number of aromatic nitrogens is 2. The summed E-state index contributed by atoms with van der Waals surface area (Å²) in [5, 5.41) is 31.1. The Bertz CT molecular complexity index is 868. The van der Waals surface area contributed by atoms with E-state index in [2.05, 4.69) is 23.8 Å². The van der Waals surface area contributed by atoms with Crippen molar-refractivity contribution in [2.24, 2.45) is 5.92 Å². The number of esters is 1. The highest BCUT2D eigenvalue weighted by atomic mass is 16.6. The average molecular weight is 537 g/mol. The van der Waals surface area contributed by atoms with E-state index in [0.29, 0.717) is 18.1 Å². The third-order valence-electron chi connectivity index (χ3n) is 6.79. The van der Waals surface area contributed by atoms with Crippen molar-refractivity contribution < 1.29 is 33.7 Å². The van der Waals surface area contributed by atoms with Gasteiger partial charge in [-0.2, -0.15) is 0 Å². The summed E-state index contributed by atoms with van der Waals surface area (Å²) in [6, 6.07) is 0. The Hall–Kier alpha value is -2.23. The molecule has 3 N–H and O–H groups in total. The zero-order valence-electron chi connectivity index (χ0n) is 23.4. The van der Waals surface area contributed by atoms with Crippen molar-refractivity contribution in [3.8, 4) is 0 Å². The predicted molar refractivity (Wildman–Crippen MR) is 143 cm³/mol. The van der Waals surface area contributed by atoms with Crippen LogP contribution in [0.25, 0.3) is 0 Å². The molecular weight excluding hydrogens is 488 g/mol. The molecular formula is C29H48N2O7. The van der Waals surface area contributed by atoms with E-state index in [0.717, 1.165) is 25.2 Å². The minimum atomic E-state index is -1.33. The van der Waals surface area contributed by atoms with Crippen LogP contribution in [0, 0.1) is 5.92 Å². The number of carbonyl (C=O) groups excluding carboxylic acids is 1. The standard InChI is InChI=1S/C29H48N2O7/c1-21(2)14-12-10-8-6-4-5-7-9-11-13-15-28(34)38-22(3)29(35)26(33)17-25(32)24-19-36-27(31-24)16-23-18-30-20-37-23/h18-22,25-26,29,32-33,35H,4-17H2,1-3H3. The second-order valence-electron chi connectivity index (χ2n) is 10.8. The number of nitrogens with zero attached hydrogens (tertiary/aromatic N) is 2. The van der Waals surface area contributed by atoms with Crippen LogP contribution in [0.3, 0.4) is 0 Å². The van der Waals surface area contributed by atoms with Gasteiger partial charge in [-0.15, -0.1) is 0 Å². The first kappa shape index (κ1) is 32.0. The summed E-state index contributed by atoms with van der Waals surface area (Å²) in [7, 11) is 0. The minimum Gasteiger partial charge on any atom is -0.460 e. The van der Waals surface area contributed by atoms with E-state index in [9.17, 15) is 20.1 Å². The van der Waals surface area contributed by atoms with E-state index in [1.54, 1.807) is 6.20 Å². The lowest BCUT2D eigenvalue weighted by molar-refractivity contribution is -0.159. The molecule has 216 valence electrons. The lowest BCUT2D eigenvalue weighted by atomic mass is 10.0. The monoisotopic (exact) mass is 536 g/mol. The largest absolute Gasteiger partial charge is 0.460 e. The number of hydrogen-bond donors (Lipinski definition) is 3. The fraction of sp³-hybridized carbons (Fsp3) is 0.759. The molecule has 0 bridgehead atoms. The molecule has 9 heteroatoms. The minimum absolute atomic E-state index is 0.185. The van der Waals surface area contributed by atoms with Crippen LogP contribution in [0.15, 0.2) is 27.7 Å². The summed E-state index contributed by atoms with van der Waals surface area (Å²) < 4.78 is 15.8. The maximum Gasteiger partial charge on any atom is 0.306 e. The second kappa shape index (κ2) is 18.1. The van der Waals surface area contributed by atoms with Gasteiger partial charge in [0.15, 0.2) is 6.39 Å². The summed E-state index contributed by atoms with van der Waals surface area (Å²) in [6.45, 7) is 6.09. The van der Waals surface area contributed by atoms with E-state index in [1.165, 1.54) is 70.9 Å². The fourth-order valence-electron chi connectivity index (χ4n) is 4.41. The molecule has 0 radical (unpaired) electrons. The Morgan fingerprint density at radius 1 is 0.921 bits per heavy atom. The molecule has 4 unspecified atom stereocenters. The summed E-state index contributed by atoms with van der Waals surface area (Å²) in [6.07, 6.45) is 13.1. The van der Waals surface area contributed by atoms with Crippen molar-refractivity contribution in [1.82, 2.24) is 9.97 Å². The number of carbonyl (C=O) groups is 1. The lowest BCUT2D eigenvalue weighted by Gasteiger charge is -2.25. The van der Waals surface area contributed by atoms with Crippen molar-refractivity contribution in [2.75, 3.05) is 0 Å². The van der Waals surface area contributed by atoms with Gasteiger partial charge in [0.25, 0.3) is 0 Å². The molecule has 0 saturated carbocycles. The molecule has 0 aliphatic heterocycles. The van der Waals surface area contributed by atoms with Crippen LogP contribution in [0.5, 0.6) is 0 Å². The highest BCUT2D eigenvalue weighted by molar-refractivity contribution is 5.69. The molecule has 4 atom stereocenters. The van der Waals surface area contributed by atoms with E-state index < -0.39 is 24.4 Å². The number of hydrogen-bond acceptors (Lipinski definition) is 9. The van der Waals surface area contributed by atoms with Crippen LogP contribution in [-0.4, -0.2) is 49.6 Å². The Kier molecular flexibility index (Phi) is 15.3. The van der Waals surface area contributed by atoms with Crippen LogP contribution >= 0.6 is 0 Å². The van der Waals surface area contributed by atoms with Crippen LogP contribution in [0.1, 0.15) is 128 Å². The Morgan fingerprint density at radius 3 is 2.16 bits per heavy atom. The molecule has 0 aromatic carbocycles. The quantitative estimate of drug-likeness (QED) is 0.136. The normalized spacial score (nSPS) is 14.9. The number of rotatable bonds is 21. The molecule has 2 heterocycles. The maximum absolute atomic E-state index is 12.2. The molecule has 0 saturated heterocycles. The summed E-state index contributed by atoms with van der Waals surface area (Å²) in [4.78, 5) is 20.2. The van der Waals surface area contributed by atoms with Gasteiger partial charge in [-0.25, -0.2) is 9.97 Å². The smallest absolute Gasteiger partial charge is 0.306 e. The second-order valence-corrected chi connectivity index (χ2v) is 10.8. The predicted octanol–water partition coefficient (Wildman–Crippen LogP) is 5.67. The first-order valence-electron chi connectivity index (χ1n) is 14.3. The Labute approximate surface area is 227 Å². The zero-order valence-corrected chi connectivity index (χ0v) is 23.4. The molecule has 0 amide bonds. The fourth-order valence-corrected chi connectivity index (χ4v) is 4.41. The molecule has 38 heavy (non-hydrogen) atoms. The number of ether oxygens (including phenoxy) is 1. The SMILES string of the molecule is CC(C)CCCCCCCCCCCCC(=O)OC(C)C(O)C(O)CC(O)c1coc(Cc2cnco2)n1. The van der Waals surface area contributed by atoms with Crippen molar-refractivity contribution >= 4 is 5.97 Å². The number of oxazole rings is 2. The first-order valence-corrected chi connectivity index (χ1v) is 14.3. The molecule has 0 aliphatic rings. The Morgan fingerprint density at radius 2 is 1.55 bits per heavy atom. The molecule has 2 rings (SSSR count). The number of aliphatic hydroxyl groups excluding tert-OH is 3. The van der Waals surface area contributed by atoms with Crippen molar-refractivity contribution in [2.45, 2.75) is 135 Å². The van der Waals surface area contributed by atoms with Crippen molar-refractivity contribution in [3.05, 3.63) is 36.2 Å². The third-order valence-corrected chi connectivity index (χ3v) is 6.79. The molecule has 0 spiro atoms. The van der Waals surface area contributed by atoms with E-state index in [1.807, 2.05) is 0 Å². The molecule has 2 aromatic rings. The van der Waals surface area contributed by atoms with Crippen LogP contribution in [0.4, 0.5) is 0 Å². The van der Waals surface area contributed by atoms with E-state index in [4.69, 9.17) is 13.6 Å². The highest BCUT2D eigenvalue weighted by Crippen LogP contribution is 2.22. The summed E-state index contributed by atoms with van der Waals surface area (Å²) in [5.74, 6) is 1.32. The van der Waals surface area contributed by atoms with E-state index >= 15 is 0 Å². The van der Waals surface area contributed by atoms with Crippen LogP contribution < -0.4 is 0 Å². The number of unbranched alkanes of at least 4 members (excludes halogenated alkanes) is 9. The lowest BCUT2D eigenvalue weighted by Crippen LogP contribution is -2.39. The van der Waals surface area contributed by atoms with Gasteiger partial charge >= 0.3 is 5.97 Å². The van der Waals surface area contributed by atoms with Crippen LogP contribution in [0.2, 0.25) is 0 Å². The van der Waals surface area contributed by atoms with Gasteiger partial charge in [-0.05, 0) is 19.3 Å². The van der Waals surface area contributed by atoms with Gasteiger partial charge in [-0.1, -0.05) is 78.1 Å². The molecule has 0 fully saturated rings. The highest BCUT2D eigenvalue weighted by Gasteiger charge is 2.29. The van der Waals surface area contributed by atoms with Gasteiger partial charge in [0.2, 0.25) is 5.89 Å². The molecule has 2 aromatic heterocycles. The van der Waals surface area contributed by atoms with Crippen LogP contribution in [-0.2, 0) is 16.0 Å². The Balaban J connectivity index is 1.53. The van der Waals surface area contributed by atoms with Gasteiger partial charge in [0, 0.05) is 12.8 Å². The van der Waals surface area contributed by atoms with E-state index in [-0.39, 0.29) is 24.5 Å². The summed E-state index contributed by atoms with van der Waals surface area (Å²) in [5.41, 5.74) is 0.233. The van der Waals surface area contributed by atoms with Gasteiger partial charge in [0.05, 0.1) is 18.7 Å². The first-order chi connectivity index (χ1) is 18.3. The topological polar surface area (TPSA) is 139 Å². The van der Waals surface area contributed by atoms with Gasteiger partial charge in [-0.3, -0.25) is 4.79 Å². The maximum atomic E-state index is 12.2. The van der Waals surface area contributed by atoms with Crippen molar-refractivity contribution in [1.29, 1.82) is 0 Å². The summed E-state index contributed by atoms with van der Waals surface area (Å²) >= 11 is 0. The number of aliphatic hydroxyl groups is 3. The zero-order chi connectivity index (χ0) is 27.8. The third kappa shape index (κ3) is 13.0. The van der Waals surface area contributed by atoms with Crippen molar-refractivity contribution in [3.63, 3.8) is 0 Å². The average Bonchev–Trinajstić information content (AvgIpc) is 3.56. The molecule has 0 aliphatic carbocycles. The molecule has 9 nitrogen and oxygen atoms in total.